The van der Waals surface area contributed by atoms with E-state index in [1.54, 1.807) is 10.9 Å². The van der Waals surface area contributed by atoms with Crippen molar-refractivity contribution < 1.29 is 4.74 Å². The van der Waals surface area contributed by atoms with Crippen LogP contribution in [0, 0.1) is 6.92 Å². The maximum atomic E-state index is 13.2. The summed E-state index contributed by atoms with van der Waals surface area (Å²) in [6, 6.07) is 4.13. The van der Waals surface area contributed by atoms with Crippen molar-refractivity contribution in [3.05, 3.63) is 70.3 Å². The smallest absolute Gasteiger partial charge is 0.253 e. The van der Waals surface area contributed by atoms with Crippen molar-refractivity contribution in [2.75, 3.05) is 50.8 Å². The zero-order valence-electron chi connectivity index (χ0n) is 24.1. The van der Waals surface area contributed by atoms with Gasteiger partial charge in [-0.2, -0.15) is 0 Å². The molecule has 3 fully saturated rings. The molecule has 3 saturated heterocycles. The SMILES string of the molecule is Cc1cc(C(C)C)c(-c2cnccc2N2CCNC(N3CC4(CNCCO4)C3)C2(C)c2cncnc2)n(C)c1=O. The van der Waals surface area contributed by atoms with Crippen LogP contribution in [0.3, 0.4) is 0 Å². The Morgan fingerprint density at radius 2 is 1.90 bits per heavy atom. The van der Waals surface area contributed by atoms with Gasteiger partial charge in [-0.25, -0.2) is 9.97 Å². The minimum absolute atomic E-state index is 0.00387. The second-order valence-corrected chi connectivity index (χ2v) is 11.9. The minimum Gasteiger partial charge on any atom is -0.370 e. The standard InChI is InChI=1S/C30H40N8O2/c1-20(2)23-12-21(3)27(39)36(5)26(23)24-15-31-7-6-25(24)38-10-8-35-28(29(38,4)22-13-33-19-34-14-22)37-17-30(18-37)16-32-9-11-40-30/h6-7,12-15,19-20,28,32,35H,8-11,16-18H2,1-5H3. The molecule has 40 heavy (non-hydrogen) atoms. The predicted octanol–water partition coefficient (Wildman–Crippen LogP) is 1.99. The molecule has 0 saturated carbocycles. The van der Waals surface area contributed by atoms with Crippen LogP contribution < -0.4 is 21.1 Å². The fourth-order valence-electron chi connectivity index (χ4n) is 6.91. The molecule has 3 aliphatic rings. The van der Waals surface area contributed by atoms with Crippen molar-refractivity contribution in [1.29, 1.82) is 0 Å². The third-order valence-electron chi connectivity index (χ3n) is 8.98. The van der Waals surface area contributed by atoms with Gasteiger partial charge in [-0.3, -0.25) is 20.0 Å². The number of piperazine rings is 1. The first kappa shape index (κ1) is 27.0. The van der Waals surface area contributed by atoms with Crippen LogP contribution in [0.2, 0.25) is 0 Å². The van der Waals surface area contributed by atoms with Gasteiger partial charge in [0, 0.05) is 87.8 Å². The molecule has 0 radical (unpaired) electrons. The van der Waals surface area contributed by atoms with Crippen molar-refractivity contribution >= 4 is 5.69 Å². The second kappa shape index (κ2) is 10.3. The summed E-state index contributed by atoms with van der Waals surface area (Å²) in [4.78, 5) is 31.5. The minimum atomic E-state index is -0.513. The van der Waals surface area contributed by atoms with Crippen molar-refractivity contribution in [2.24, 2.45) is 7.05 Å². The Bertz CT molecular complexity index is 1430. The number of nitrogens with zero attached hydrogens (tertiary/aromatic N) is 6. The van der Waals surface area contributed by atoms with Crippen molar-refractivity contribution in [3.8, 4) is 11.3 Å². The lowest BCUT2D eigenvalue weighted by molar-refractivity contribution is -0.179. The summed E-state index contributed by atoms with van der Waals surface area (Å²) in [5.41, 5.74) is 5.19. The van der Waals surface area contributed by atoms with E-state index in [-0.39, 0.29) is 23.2 Å². The first-order chi connectivity index (χ1) is 19.2. The molecule has 0 amide bonds. The molecular formula is C30H40N8O2. The number of nitrogens with one attached hydrogen (secondary N) is 2. The van der Waals surface area contributed by atoms with Gasteiger partial charge in [-0.15, -0.1) is 0 Å². The first-order valence-corrected chi connectivity index (χ1v) is 14.3. The Kier molecular flexibility index (Phi) is 6.98. The third-order valence-corrected chi connectivity index (χ3v) is 8.98. The van der Waals surface area contributed by atoms with Crippen LogP contribution in [0.4, 0.5) is 5.69 Å². The quantitative estimate of drug-likeness (QED) is 0.500. The van der Waals surface area contributed by atoms with Gasteiger partial charge in [0.1, 0.15) is 11.9 Å². The number of pyridine rings is 2. The molecule has 2 atom stereocenters. The summed E-state index contributed by atoms with van der Waals surface area (Å²) >= 11 is 0. The number of aromatic nitrogens is 4. The summed E-state index contributed by atoms with van der Waals surface area (Å²) in [5.74, 6) is 0.236. The largest absolute Gasteiger partial charge is 0.370 e. The Morgan fingerprint density at radius 1 is 1.12 bits per heavy atom. The number of rotatable bonds is 5. The molecule has 2 N–H and O–H groups in total. The maximum absolute atomic E-state index is 13.2. The van der Waals surface area contributed by atoms with E-state index in [0.29, 0.717) is 0 Å². The van der Waals surface area contributed by atoms with Crippen LogP contribution in [-0.2, 0) is 17.3 Å². The monoisotopic (exact) mass is 544 g/mol. The van der Waals surface area contributed by atoms with E-state index in [9.17, 15) is 4.79 Å². The fourth-order valence-corrected chi connectivity index (χ4v) is 6.91. The number of hydrogen-bond acceptors (Lipinski definition) is 9. The zero-order chi connectivity index (χ0) is 28.1. The first-order valence-electron chi connectivity index (χ1n) is 14.3. The number of anilines is 1. The van der Waals surface area contributed by atoms with Crippen LogP contribution in [0.25, 0.3) is 11.3 Å². The van der Waals surface area contributed by atoms with Gasteiger partial charge < -0.3 is 19.5 Å². The summed E-state index contributed by atoms with van der Waals surface area (Å²) < 4.78 is 8.04. The highest BCUT2D eigenvalue weighted by atomic mass is 16.5. The van der Waals surface area contributed by atoms with Crippen LogP contribution in [0.15, 0.2) is 48.0 Å². The van der Waals surface area contributed by atoms with E-state index in [4.69, 9.17) is 4.74 Å². The summed E-state index contributed by atoms with van der Waals surface area (Å²) in [7, 11) is 1.87. The molecule has 10 heteroatoms. The normalized spacial score (nSPS) is 24.9. The van der Waals surface area contributed by atoms with Gasteiger partial charge in [0.2, 0.25) is 0 Å². The molecule has 0 aliphatic carbocycles. The Balaban J connectivity index is 1.48. The van der Waals surface area contributed by atoms with Gasteiger partial charge in [-0.1, -0.05) is 13.8 Å². The molecule has 1 spiro atoms. The molecule has 2 unspecified atom stereocenters. The summed E-state index contributed by atoms with van der Waals surface area (Å²) in [6.07, 6.45) is 9.18. The molecule has 6 rings (SSSR count). The molecule has 3 aliphatic heterocycles. The van der Waals surface area contributed by atoms with E-state index < -0.39 is 5.54 Å². The van der Waals surface area contributed by atoms with Gasteiger partial charge in [0.25, 0.3) is 5.56 Å². The Labute approximate surface area is 235 Å². The molecular weight excluding hydrogens is 504 g/mol. The molecule has 3 aromatic heterocycles. The van der Waals surface area contributed by atoms with E-state index in [2.05, 4.69) is 62.2 Å². The van der Waals surface area contributed by atoms with Crippen molar-refractivity contribution in [3.63, 3.8) is 0 Å². The highest BCUT2D eigenvalue weighted by Gasteiger charge is 2.55. The number of aryl methyl sites for hydroxylation is 1. The number of hydrogen-bond donors (Lipinski definition) is 2. The summed E-state index contributed by atoms with van der Waals surface area (Å²) in [5, 5.41) is 7.34. The second-order valence-electron chi connectivity index (χ2n) is 11.9. The number of likely N-dealkylation sites (tertiary alicyclic amines) is 1. The summed E-state index contributed by atoms with van der Waals surface area (Å²) in [6.45, 7) is 14.3. The molecule has 6 heterocycles. The number of morpholine rings is 1. The predicted molar refractivity (Wildman–Crippen MR) is 155 cm³/mol. The number of ether oxygens (including phenoxy) is 1. The van der Waals surface area contributed by atoms with E-state index in [1.165, 1.54) is 0 Å². The highest BCUT2D eigenvalue weighted by molar-refractivity contribution is 5.79. The van der Waals surface area contributed by atoms with Gasteiger partial charge in [0.05, 0.1) is 29.7 Å². The van der Waals surface area contributed by atoms with E-state index in [0.717, 1.165) is 79.5 Å². The highest BCUT2D eigenvalue weighted by Crippen LogP contribution is 2.45. The molecule has 0 bridgehead atoms. The lowest BCUT2D eigenvalue weighted by Crippen LogP contribution is -2.79. The molecule has 212 valence electrons. The average molecular weight is 545 g/mol. The Hall–Kier alpha value is -3.18. The fraction of sp³-hybridized carbons (Fsp3) is 0.533. The zero-order valence-corrected chi connectivity index (χ0v) is 24.1. The lowest BCUT2D eigenvalue weighted by Gasteiger charge is -2.61. The maximum Gasteiger partial charge on any atom is 0.253 e. The van der Waals surface area contributed by atoms with E-state index in [1.807, 2.05) is 44.8 Å². The molecule has 10 nitrogen and oxygen atoms in total. The van der Waals surface area contributed by atoms with Crippen LogP contribution >= 0.6 is 0 Å². The van der Waals surface area contributed by atoms with Gasteiger partial charge >= 0.3 is 0 Å². The van der Waals surface area contributed by atoms with Gasteiger partial charge in [0.15, 0.2) is 0 Å². The Morgan fingerprint density at radius 3 is 2.60 bits per heavy atom. The topological polar surface area (TPSA) is 100 Å². The molecule has 0 aromatic carbocycles. The molecule has 3 aromatic rings. The van der Waals surface area contributed by atoms with E-state index >= 15 is 0 Å². The third kappa shape index (κ3) is 4.34. The van der Waals surface area contributed by atoms with Crippen molar-refractivity contribution in [1.82, 2.24) is 35.1 Å². The van der Waals surface area contributed by atoms with Crippen LogP contribution in [0.5, 0.6) is 0 Å². The van der Waals surface area contributed by atoms with Crippen LogP contribution in [-0.4, -0.2) is 82.1 Å². The van der Waals surface area contributed by atoms with Gasteiger partial charge in [-0.05, 0) is 37.5 Å². The lowest BCUT2D eigenvalue weighted by atomic mass is 9.81. The van der Waals surface area contributed by atoms with Crippen LogP contribution in [0.1, 0.15) is 43.4 Å². The average Bonchev–Trinajstić information content (AvgIpc) is 2.95. The van der Waals surface area contributed by atoms with Crippen molar-refractivity contribution in [2.45, 2.75) is 50.9 Å².